The van der Waals surface area contributed by atoms with E-state index in [1.165, 1.54) is 4.57 Å². The summed E-state index contributed by atoms with van der Waals surface area (Å²) in [5.74, 6) is -0.270. The molecule has 1 aliphatic rings. The molecule has 0 spiro atoms. The molecule has 6 nitrogen and oxygen atoms in total. The van der Waals surface area contributed by atoms with Crippen LogP contribution in [0.5, 0.6) is 0 Å². The number of hydrogen-bond acceptors (Lipinski definition) is 4. The molecule has 1 atom stereocenters. The Balaban J connectivity index is 2.19. The minimum atomic E-state index is -0.699. The maximum Gasteiger partial charge on any atom is 0.262 e. The van der Waals surface area contributed by atoms with E-state index in [0.29, 0.717) is 36.0 Å². The number of carbonyl (C=O) groups excluding carboxylic acids is 2. The van der Waals surface area contributed by atoms with Gasteiger partial charge in [-0.1, -0.05) is 15.9 Å². The summed E-state index contributed by atoms with van der Waals surface area (Å²) in [4.78, 5) is 40.9. The molecule has 22 heavy (non-hydrogen) atoms. The first kappa shape index (κ1) is 14.9. The molecule has 1 unspecified atom stereocenters. The van der Waals surface area contributed by atoms with Gasteiger partial charge in [-0.15, -0.1) is 0 Å². The van der Waals surface area contributed by atoms with E-state index in [9.17, 15) is 14.4 Å². The number of hydrogen-bond donors (Lipinski definition) is 1. The van der Waals surface area contributed by atoms with E-state index in [1.54, 1.807) is 19.1 Å². The van der Waals surface area contributed by atoms with Crippen LogP contribution in [0.4, 0.5) is 0 Å². The van der Waals surface area contributed by atoms with Crippen molar-refractivity contribution in [2.24, 2.45) is 0 Å². The van der Waals surface area contributed by atoms with Gasteiger partial charge in [-0.2, -0.15) is 0 Å². The molecule has 3 rings (SSSR count). The summed E-state index contributed by atoms with van der Waals surface area (Å²) in [6.45, 7) is 1.70. The predicted octanol–water partition coefficient (Wildman–Crippen LogP) is 1.84. The minimum Gasteiger partial charge on any atom is -0.295 e. The van der Waals surface area contributed by atoms with Gasteiger partial charge in [-0.05, 0) is 38.0 Å². The van der Waals surface area contributed by atoms with Gasteiger partial charge in [0.2, 0.25) is 11.8 Å². The fraction of sp³-hybridized carbons (Fsp3) is 0.333. The Labute approximate surface area is 134 Å². The molecule has 1 aliphatic heterocycles. The van der Waals surface area contributed by atoms with Crippen LogP contribution in [-0.2, 0) is 9.59 Å². The van der Waals surface area contributed by atoms with E-state index in [0.717, 1.165) is 4.47 Å². The Kier molecular flexibility index (Phi) is 3.82. The Morgan fingerprint density at radius 3 is 2.86 bits per heavy atom. The highest BCUT2D eigenvalue weighted by Gasteiger charge is 2.28. The van der Waals surface area contributed by atoms with Crippen LogP contribution in [0.3, 0.4) is 0 Å². The van der Waals surface area contributed by atoms with Gasteiger partial charge in [0.25, 0.3) is 5.56 Å². The fourth-order valence-electron chi connectivity index (χ4n) is 2.77. The van der Waals surface area contributed by atoms with Crippen molar-refractivity contribution in [1.82, 2.24) is 14.9 Å². The first-order chi connectivity index (χ1) is 10.5. The molecule has 114 valence electrons. The maximum absolute atomic E-state index is 12.8. The van der Waals surface area contributed by atoms with Crippen LogP contribution in [-0.4, -0.2) is 21.4 Å². The van der Waals surface area contributed by atoms with Crippen molar-refractivity contribution in [2.75, 3.05) is 0 Å². The van der Waals surface area contributed by atoms with E-state index in [2.05, 4.69) is 26.2 Å². The van der Waals surface area contributed by atoms with Gasteiger partial charge in [0.1, 0.15) is 11.9 Å². The van der Waals surface area contributed by atoms with Gasteiger partial charge in [0.05, 0.1) is 10.9 Å². The van der Waals surface area contributed by atoms with Crippen molar-refractivity contribution in [1.29, 1.82) is 0 Å². The molecule has 2 amide bonds. The van der Waals surface area contributed by atoms with Gasteiger partial charge in [0, 0.05) is 10.9 Å². The molecule has 1 N–H and O–H groups in total. The van der Waals surface area contributed by atoms with Crippen LogP contribution >= 0.6 is 15.9 Å². The summed E-state index contributed by atoms with van der Waals surface area (Å²) in [7, 11) is 0. The summed E-state index contributed by atoms with van der Waals surface area (Å²) in [6, 6.07) is 4.57. The predicted molar refractivity (Wildman–Crippen MR) is 84.5 cm³/mol. The third kappa shape index (κ3) is 2.56. The molecule has 1 aromatic carbocycles. The van der Waals surface area contributed by atoms with Gasteiger partial charge in [0.15, 0.2) is 0 Å². The molecule has 1 saturated heterocycles. The molecule has 0 saturated carbocycles. The maximum atomic E-state index is 12.8. The number of imide groups is 1. The smallest absolute Gasteiger partial charge is 0.262 e. The number of aromatic nitrogens is 2. The fourth-order valence-corrected chi connectivity index (χ4v) is 3.13. The summed E-state index contributed by atoms with van der Waals surface area (Å²) in [5.41, 5.74) is 0.324. The van der Waals surface area contributed by atoms with Crippen LogP contribution in [0.25, 0.3) is 10.9 Å². The summed E-state index contributed by atoms with van der Waals surface area (Å²) in [6.07, 6.45) is 1.30. The summed E-state index contributed by atoms with van der Waals surface area (Å²) < 4.78 is 2.16. The van der Waals surface area contributed by atoms with E-state index < -0.39 is 11.9 Å². The topological polar surface area (TPSA) is 81.1 Å². The van der Waals surface area contributed by atoms with E-state index in [-0.39, 0.29) is 11.5 Å². The number of nitrogens with one attached hydrogen (secondary N) is 1. The lowest BCUT2D eigenvalue weighted by atomic mass is 10.1. The average Bonchev–Trinajstić information content (AvgIpc) is 2.61. The van der Waals surface area contributed by atoms with Crippen LogP contribution in [0.1, 0.15) is 31.1 Å². The largest absolute Gasteiger partial charge is 0.295 e. The zero-order chi connectivity index (χ0) is 15.9. The lowest BCUT2D eigenvalue weighted by Crippen LogP contribution is -2.39. The van der Waals surface area contributed by atoms with E-state index in [4.69, 9.17) is 0 Å². The standard InChI is InChI=1S/C15H14BrN3O3/c1-8-17-11-6-5-9(16)7-10(11)15(22)19(8)12-3-2-4-13(20)18-14(12)21/h5-7,12H,2-4H2,1H3,(H,18,20,21). The van der Waals surface area contributed by atoms with Crippen LogP contribution in [0, 0.1) is 6.92 Å². The van der Waals surface area contributed by atoms with Crippen molar-refractivity contribution in [2.45, 2.75) is 32.2 Å². The Morgan fingerprint density at radius 1 is 1.32 bits per heavy atom. The average molecular weight is 364 g/mol. The van der Waals surface area contributed by atoms with Crippen LogP contribution < -0.4 is 10.9 Å². The number of rotatable bonds is 1. The quantitative estimate of drug-likeness (QED) is 0.783. The Hall–Kier alpha value is -2.02. The molecule has 2 aromatic rings. The molecule has 1 aromatic heterocycles. The highest BCUT2D eigenvalue weighted by Crippen LogP contribution is 2.21. The number of amides is 2. The third-order valence-electron chi connectivity index (χ3n) is 3.80. The molecule has 0 radical (unpaired) electrons. The molecule has 0 bridgehead atoms. The van der Waals surface area contributed by atoms with Gasteiger partial charge < -0.3 is 0 Å². The highest BCUT2D eigenvalue weighted by molar-refractivity contribution is 9.10. The minimum absolute atomic E-state index is 0.265. The molecular weight excluding hydrogens is 350 g/mol. The molecule has 7 heteroatoms. The Morgan fingerprint density at radius 2 is 2.09 bits per heavy atom. The SMILES string of the molecule is Cc1nc2ccc(Br)cc2c(=O)n1C1CCCC(=O)NC1=O. The zero-order valence-electron chi connectivity index (χ0n) is 11.9. The second-order valence-electron chi connectivity index (χ2n) is 5.32. The molecule has 1 fully saturated rings. The van der Waals surface area contributed by atoms with Gasteiger partial charge in [-0.25, -0.2) is 4.98 Å². The molecular formula is C15H14BrN3O3. The van der Waals surface area contributed by atoms with Crippen LogP contribution in [0.15, 0.2) is 27.5 Å². The van der Waals surface area contributed by atoms with Crippen molar-refractivity contribution in [3.05, 3.63) is 38.9 Å². The second-order valence-corrected chi connectivity index (χ2v) is 6.23. The monoisotopic (exact) mass is 363 g/mol. The lowest BCUT2D eigenvalue weighted by molar-refractivity contribution is -0.131. The molecule has 0 aliphatic carbocycles. The number of halogens is 1. The zero-order valence-corrected chi connectivity index (χ0v) is 13.5. The number of benzene rings is 1. The number of carbonyl (C=O) groups is 2. The Bertz CT molecular complexity index is 844. The summed E-state index contributed by atoms with van der Waals surface area (Å²) in [5, 5.41) is 2.78. The summed E-state index contributed by atoms with van der Waals surface area (Å²) >= 11 is 3.34. The van der Waals surface area contributed by atoms with E-state index >= 15 is 0 Å². The first-order valence-corrected chi connectivity index (χ1v) is 7.79. The number of nitrogens with zero attached hydrogens (tertiary/aromatic N) is 2. The second kappa shape index (κ2) is 5.64. The highest BCUT2D eigenvalue weighted by atomic mass is 79.9. The normalized spacial score (nSPS) is 19.1. The van der Waals surface area contributed by atoms with Crippen LogP contribution in [0.2, 0.25) is 0 Å². The van der Waals surface area contributed by atoms with Gasteiger partial charge in [-0.3, -0.25) is 24.3 Å². The van der Waals surface area contributed by atoms with Gasteiger partial charge >= 0.3 is 0 Å². The third-order valence-corrected chi connectivity index (χ3v) is 4.29. The number of fused-ring (bicyclic) bond motifs is 1. The first-order valence-electron chi connectivity index (χ1n) is 6.99. The van der Waals surface area contributed by atoms with Crippen molar-refractivity contribution in [3.8, 4) is 0 Å². The number of aryl methyl sites for hydroxylation is 1. The molecule has 2 heterocycles. The van der Waals surface area contributed by atoms with Crippen molar-refractivity contribution in [3.63, 3.8) is 0 Å². The van der Waals surface area contributed by atoms with Crippen molar-refractivity contribution >= 4 is 38.6 Å². The van der Waals surface area contributed by atoms with E-state index in [1.807, 2.05) is 6.07 Å². The van der Waals surface area contributed by atoms with Crippen molar-refractivity contribution < 1.29 is 9.59 Å². The lowest BCUT2D eigenvalue weighted by Gasteiger charge is -2.19.